The van der Waals surface area contributed by atoms with Crippen molar-refractivity contribution in [1.29, 1.82) is 0 Å². The summed E-state index contributed by atoms with van der Waals surface area (Å²) in [4.78, 5) is 0. The normalized spacial score (nSPS) is 17.2. The second kappa shape index (κ2) is 3.89. The molecule has 88 valence electrons. The summed E-state index contributed by atoms with van der Waals surface area (Å²) in [5.74, 6) is 1.72. The first-order valence-corrected chi connectivity index (χ1v) is 5.59. The third-order valence-electron chi connectivity index (χ3n) is 3.31. The smallest absolute Gasteiger partial charge is 0.145 e. The van der Waals surface area contributed by atoms with E-state index in [2.05, 4.69) is 25.2 Å². The second-order valence-corrected chi connectivity index (χ2v) is 4.81. The van der Waals surface area contributed by atoms with Crippen LogP contribution in [-0.2, 0) is 5.41 Å². The van der Waals surface area contributed by atoms with Gasteiger partial charge in [0.15, 0.2) is 0 Å². The van der Waals surface area contributed by atoms with E-state index >= 15 is 0 Å². The molecule has 0 fully saturated rings. The molecule has 1 aromatic rings. The van der Waals surface area contributed by atoms with Gasteiger partial charge in [-0.25, -0.2) is 0 Å². The van der Waals surface area contributed by atoms with E-state index in [4.69, 9.17) is 9.47 Å². The van der Waals surface area contributed by atoms with Crippen LogP contribution in [0.5, 0.6) is 11.5 Å². The van der Waals surface area contributed by atoms with Crippen molar-refractivity contribution in [2.75, 3.05) is 26.1 Å². The molecule has 0 aliphatic carbocycles. The summed E-state index contributed by atoms with van der Waals surface area (Å²) >= 11 is 0. The van der Waals surface area contributed by atoms with Crippen LogP contribution in [0.25, 0.3) is 0 Å². The van der Waals surface area contributed by atoms with Gasteiger partial charge in [0.1, 0.15) is 11.5 Å². The maximum absolute atomic E-state index is 5.41. The Hall–Kier alpha value is -1.38. The molecule has 0 saturated carbocycles. The summed E-state index contributed by atoms with van der Waals surface area (Å²) < 4.78 is 10.7. The van der Waals surface area contributed by atoms with Crippen molar-refractivity contribution in [2.45, 2.75) is 25.7 Å². The van der Waals surface area contributed by atoms with Crippen molar-refractivity contribution in [3.05, 3.63) is 17.7 Å². The minimum atomic E-state index is 0.169. The summed E-state index contributed by atoms with van der Waals surface area (Å²) in [5, 5.41) is 3.41. The van der Waals surface area contributed by atoms with Crippen LogP contribution < -0.4 is 14.8 Å². The topological polar surface area (TPSA) is 30.5 Å². The van der Waals surface area contributed by atoms with Gasteiger partial charge in [-0.05, 0) is 23.5 Å². The molecule has 0 atom stereocenters. The summed E-state index contributed by atoms with van der Waals surface area (Å²) in [5.41, 5.74) is 2.55. The Balaban J connectivity index is 2.60. The number of methoxy groups -OCH3 is 2. The van der Waals surface area contributed by atoms with Crippen LogP contribution in [0, 0.1) is 0 Å². The molecule has 0 amide bonds. The van der Waals surface area contributed by atoms with Gasteiger partial charge in [-0.3, -0.25) is 0 Å². The number of hydrogen-bond donors (Lipinski definition) is 1. The van der Waals surface area contributed by atoms with Crippen molar-refractivity contribution in [2.24, 2.45) is 0 Å². The van der Waals surface area contributed by atoms with E-state index in [1.165, 1.54) is 5.56 Å². The SMILES string of the molecule is COc1cc(OC)c2c(c1)C(C)(C)CCN2. The summed E-state index contributed by atoms with van der Waals surface area (Å²) in [6.45, 7) is 5.50. The first-order valence-electron chi connectivity index (χ1n) is 5.59. The van der Waals surface area contributed by atoms with E-state index in [-0.39, 0.29) is 5.41 Å². The van der Waals surface area contributed by atoms with Crippen molar-refractivity contribution >= 4 is 5.69 Å². The largest absolute Gasteiger partial charge is 0.497 e. The Morgan fingerprint density at radius 3 is 2.56 bits per heavy atom. The molecule has 1 aliphatic heterocycles. The first-order chi connectivity index (χ1) is 7.58. The molecule has 0 aromatic heterocycles. The van der Waals surface area contributed by atoms with E-state index < -0.39 is 0 Å². The number of hydrogen-bond acceptors (Lipinski definition) is 3. The molecule has 1 aromatic carbocycles. The monoisotopic (exact) mass is 221 g/mol. The molecule has 0 radical (unpaired) electrons. The summed E-state index contributed by atoms with van der Waals surface area (Å²) in [7, 11) is 3.38. The van der Waals surface area contributed by atoms with Gasteiger partial charge in [0.25, 0.3) is 0 Å². The van der Waals surface area contributed by atoms with E-state index in [1.807, 2.05) is 6.07 Å². The molecule has 3 nitrogen and oxygen atoms in total. The average molecular weight is 221 g/mol. The highest BCUT2D eigenvalue weighted by atomic mass is 16.5. The lowest BCUT2D eigenvalue weighted by molar-refractivity contribution is 0.387. The van der Waals surface area contributed by atoms with Crippen LogP contribution in [-0.4, -0.2) is 20.8 Å². The number of benzene rings is 1. The van der Waals surface area contributed by atoms with Crippen LogP contribution in [0.2, 0.25) is 0 Å². The van der Waals surface area contributed by atoms with Crippen molar-refractivity contribution in [3.63, 3.8) is 0 Å². The Labute approximate surface area is 96.8 Å². The highest BCUT2D eigenvalue weighted by Crippen LogP contribution is 2.43. The molecule has 1 aliphatic rings. The lowest BCUT2D eigenvalue weighted by Gasteiger charge is -2.34. The predicted octanol–water partition coefficient (Wildman–Crippen LogP) is 2.80. The molecule has 1 heterocycles. The Morgan fingerprint density at radius 1 is 1.19 bits per heavy atom. The van der Waals surface area contributed by atoms with Gasteiger partial charge in [-0.2, -0.15) is 0 Å². The van der Waals surface area contributed by atoms with Crippen LogP contribution >= 0.6 is 0 Å². The zero-order valence-corrected chi connectivity index (χ0v) is 10.4. The van der Waals surface area contributed by atoms with Crippen LogP contribution in [0.1, 0.15) is 25.8 Å². The van der Waals surface area contributed by atoms with Crippen LogP contribution in [0.15, 0.2) is 12.1 Å². The predicted molar refractivity (Wildman–Crippen MR) is 65.7 cm³/mol. The van der Waals surface area contributed by atoms with Crippen LogP contribution in [0.4, 0.5) is 5.69 Å². The molecule has 0 bridgehead atoms. The molecule has 1 N–H and O–H groups in total. The minimum absolute atomic E-state index is 0.169. The zero-order chi connectivity index (χ0) is 11.8. The fraction of sp³-hybridized carbons (Fsp3) is 0.538. The first kappa shape index (κ1) is 11.1. The second-order valence-electron chi connectivity index (χ2n) is 4.81. The highest BCUT2D eigenvalue weighted by Gasteiger charge is 2.30. The number of nitrogens with one attached hydrogen (secondary N) is 1. The lowest BCUT2D eigenvalue weighted by atomic mass is 9.78. The zero-order valence-electron chi connectivity index (χ0n) is 10.4. The van der Waals surface area contributed by atoms with Gasteiger partial charge in [0, 0.05) is 12.6 Å². The number of rotatable bonds is 2. The molecule has 3 heteroatoms. The minimum Gasteiger partial charge on any atom is -0.497 e. The van der Waals surface area contributed by atoms with Gasteiger partial charge >= 0.3 is 0 Å². The third kappa shape index (κ3) is 1.70. The molecular formula is C13H19NO2. The summed E-state index contributed by atoms with van der Waals surface area (Å²) in [6.07, 6.45) is 1.12. The average Bonchev–Trinajstić information content (AvgIpc) is 2.27. The van der Waals surface area contributed by atoms with E-state index in [0.717, 1.165) is 30.2 Å². The van der Waals surface area contributed by atoms with Crippen molar-refractivity contribution < 1.29 is 9.47 Å². The van der Waals surface area contributed by atoms with Gasteiger partial charge in [-0.1, -0.05) is 13.8 Å². The molecule has 0 spiro atoms. The van der Waals surface area contributed by atoms with Crippen molar-refractivity contribution in [3.8, 4) is 11.5 Å². The third-order valence-corrected chi connectivity index (χ3v) is 3.31. The Kier molecular flexibility index (Phi) is 2.70. The maximum Gasteiger partial charge on any atom is 0.145 e. The molecule has 2 rings (SSSR count). The van der Waals surface area contributed by atoms with E-state index in [1.54, 1.807) is 14.2 Å². The number of anilines is 1. The molecular weight excluding hydrogens is 202 g/mol. The molecule has 0 unspecified atom stereocenters. The highest BCUT2D eigenvalue weighted by molar-refractivity contribution is 5.68. The fourth-order valence-corrected chi connectivity index (χ4v) is 2.22. The van der Waals surface area contributed by atoms with Gasteiger partial charge in [0.2, 0.25) is 0 Å². The number of ether oxygens (including phenoxy) is 2. The molecule has 0 saturated heterocycles. The van der Waals surface area contributed by atoms with E-state index in [0.29, 0.717) is 0 Å². The van der Waals surface area contributed by atoms with E-state index in [9.17, 15) is 0 Å². The Morgan fingerprint density at radius 2 is 1.94 bits per heavy atom. The van der Waals surface area contributed by atoms with Gasteiger partial charge < -0.3 is 14.8 Å². The summed E-state index contributed by atoms with van der Waals surface area (Å²) in [6, 6.07) is 4.03. The fourth-order valence-electron chi connectivity index (χ4n) is 2.22. The lowest BCUT2D eigenvalue weighted by Crippen LogP contribution is -2.28. The van der Waals surface area contributed by atoms with Gasteiger partial charge in [-0.15, -0.1) is 0 Å². The maximum atomic E-state index is 5.41. The standard InChI is InChI=1S/C13H19NO2/c1-13(2)5-6-14-12-10(13)7-9(15-3)8-11(12)16-4/h7-8,14H,5-6H2,1-4H3. The Bertz CT molecular complexity index is 399. The van der Waals surface area contributed by atoms with Gasteiger partial charge in [0.05, 0.1) is 19.9 Å². The molecule has 16 heavy (non-hydrogen) atoms. The quantitative estimate of drug-likeness (QED) is 0.833. The van der Waals surface area contributed by atoms with Crippen LogP contribution in [0.3, 0.4) is 0 Å². The number of fused-ring (bicyclic) bond motifs is 1. The van der Waals surface area contributed by atoms with Crippen molar-refractivity contribution in [1.82, 2.24) is 0 Å².